The molecule has 0 saturated carbocycles. The summed E-state index contributed by atoms with van der Waals surface area (Å²) in [7, 11) is 0. The first-order chi connectivity index (χ1) is 12.0. The summed E-state index contributed by atoms with van der Waals surface area (Å²) in [4.78, 5) is 15.9. The van der Waals surface area contributed by atoms with E-state index >= 15 is 0 Å². The van der Waals surface area contributed by atoms with Crippen molar-refractivity contribution < 1.29 is 4.79 Å². The van der Waals surface area contributed by atoms with Crippen molar-refractivity contribution >= 4 is 5.91 Å². The average molecular weight is 336 g/mol. The predicted molar refractivity (Wildman–Crippen MR) is 104 cm³/mol. The minimum Gasteiger partial charge on any atom is -0.358 e. The van der Waals surface area contributed by atoms with Crippen molar-refractivity contribution in [1.82, 2.24) is 10.3 Å². The van der Waals surface area contributed by atoms with Crippen LogP contribution < -0.4 is 5.32 Å². The van der Waals surface area contributed by atoms with Crippen LogP contribution in [-0.2, 0) is 0 Å². The lowest BCUT2D eigenvalue weighted by molar-refractivity contribution is 0.0953. The molecule has 3 nitrogen and oxygen atoms in total. The molecule has 1 aliphatic carbocycles. The molecule has 3 heteroatoms. The first-order valence-electron chi connectivity index (χ1n) is 9.28. The first-order valence-corrected chi connectivity index (χ1v) is 9.28. The summed E-state index contributed by atoms with van der Waals surface area (Å²) in [6, 6.07) is 8.36. The number of nitrogens with one attached hydrogen (secondary N) is 2. The van der Waals surface area contributed by atoms with Crippen molar-refractivity contribution in [3.63, 3.8) is 0 Å². The summed E-state index contributed by atoms with van der Waals surface area (Å²) in [5, 5.41) is 3.07. The summed E-state index contributed by atoms with van der Waals surface area (Å²) in [5.41, 5.74) is 7.82. The van der Waals surface area contributed by atoms with Gasteiger partial charge >= 0.3 is 0 Å². The van der Waals surface area contributed by atoms with Crippen LogP contribution >= 0.6 is 0 Å². The summed E-state index contributed by atoms with van der Waals surface area (Å²) in [5.74, 6) is 0.0141. The number of H-pyrrole nitrogens is 1. The highest BCUT2D eigenvalue weighted by Crippen LogP contribution is 2.24. The molecule has 1 aliphatic rings. The van der Waals surface area contributed by atoms with E-state index in [2.05, 4.69) is 48.4 Å². The van der Waals surface area contributed by atoms with Crippen LogP contribution in [0.15, 0.2) is 35.9 Å². The molecule has 0 radical (unpaired) electrons. The highest BCUT2D eigenvalue weighted by molar-refractivity contribution is 5.96. The summed E-state index contributed by atoms with van der Waals surface area (Å²) in [6.45, 7) is 6.90. The third-order valence-electron chi connectivity index (χ3n) is 5.19. The van der Waals surface area contributed by atoms with Gasteiger partial charge in [-0.05, 0) is 81.7 Å². The van der Waals surface area contributed by atoms with Gasteiger partial charge in [-0.3, -0.25) is 4.79 Å². The highest BCUT2D eigenvalue weighted by Gasteiger charge is 2.14. The Morgan fingerprint density at radius 1 is 1.12 bits per heavy atom. The molecule has 2 aromatic rings. The van der Waals surface area contributed by atoms with Gasteiger partial charge in [-0.2, -0.15) is 0 Å². The number of hydrogen-bond donors (Lipinski definition) is 2. The van der Waals surface area contributed by atoms with Crippen LogP contribution in [0.4, 0.5) is 0 Å². The van der Waals surface area contributed by atoms with E-state index in [4.69, 9.17) is 0 Å². The second-order valence-corrected chi connectivity index (χ2v) is 7.13. The van der Waals surface area contributed by atoms with Gasteiger partial charge in [0.15, 0.2) is 0 Å². The van der Waals surface area contributed by atoms with E-state index in [-0.39, 0.29) is 5.91 Å². The van der Waals surface area contributed by atoms with Gasteiger partial charge in [-0.15, -0.1) is 0 Å². The zero-order valence-corrected chi connectivity index (χ0v) is 15.5. The Morgan fingerprint density at radius 3 is 2.68 bits per heavy atom. The quantitative estimate of drug-likeness (QED) is 0.722. The second kappa shape index (κ2) is 7.73. The number of carbonyl (C=O) groups excluding carboxylic acids is 1. The third-order valence-corrected chi connectivity index (χ3v) is 5.19. The maximum absolute atomic E-state index is 12.5. The Balaban J connectivity index is 1.65. The molecule has 1 heterocycles. The maximum atomic E-state index is 12.5. The van der Waals surface area contributed by atoms with Crippen LogP contribution in [0.3, 0.4) is 0 Å². The number of aromatic amines is 1. The van der Waals surface area contributed by atoms with Crippen LogP contribution in [-0.4, -0.2) is 17.4 Å². The standard InChI is InChI=1S/C22H28N2O/c1-15-9-10-19(13-16(15)2)21-14-20(17(3)24-21)22(25)23-12-11-18-7-5-4-6-8-18/h7,9-10,13-14,24H,4-6,8,11-12H2,1-3H3,(H,23,25). The van der Waals surface area contributed by atoms with Crippen molar-refractivity contribution in [2.75, 3.05) is 6.54 Å². The fraction of sp³-hybridized carbons (Fsp3) is 0.409. The summed E-state index contributed by atoms with van der Waals surface area (Å²) in [6.07, 6.45) is 8.29. The number of aryl methyl sites for hydroxylation is 3. The van der Waals surface area contributed by atoms with E-state index in [0.29, 0.717) is 6.54 Å². The molecule has 1 aromatic heterocycles. The minimum absolute atomic E-state index is 0.0141. The molecule has 0 atom stereocenters. The van der Waals surface area contributed by atoms with Crippen LogP contribution in [0.25, 0.3) is 11.3 Å². The van der Waals surface area contributed by atoms with Gasteiger partial charge in [-0.1, -0.05) is 23.8 Å². The van der Waals surface area contributed by atoms with Gasteiger partial charge in [0.05, 0.1) is 5.56 Å². The highest BCUT2D eigenvalue weighted by atomic mass is 16.1. The normalized spacial score (nSPS) is 14.3. The SMILES string of the molecule is Cc1ccc(-c2cc(C(=O)NCCC3=CCCCC3)c(C)[nH]2)cc1C. The molecule has 0 saturated heterocycles. The van der Waals surface area contributed by atoms with E-state index in [9.17, 15) is 4.79 Å². The lowest BCUT2D eigenvalue weighted by Crippen LogP contribution is -2.25. The van der Waals surface area contributed by atoms with Crippen molar-refractivity contribution in [3.8, 4) is 11.3 Å². The Kier molecular flexibility index (Phi) is 5.42. The Bertz CT molecular complexity index is 798. The van der Waals surface area contributed by atoms with Gasteiger partial charge in [0.2, 0.25) is 0 Å². The largest absolute Gasteiger partial charge is 0.358 e. The topological polar surface area (TPSA) is 44.9 Å². The Morgan fingerprint density at radius 2 is 1.96 bits per heavy atom. The van der Waals surface area contributed by atoms with E-state index in [1.807, 2.05) is 13.0 Å². The Hall–Kier alpha value is -2.29. The van der Waals surface area contributed by atoms with Gasteiger partial charge in [-0.25, -0.2) is 0 Å². The van der Waals surface area contributed by atoms with Crippen molar-refractivity contribution in [3.05, 3.63) is 58.3 Å². The molecular weight excluding hydrogens is 308 g/mol. The number of benzene rings is 1. The summed E-state index contributed by atoms with van der Waals surface area (Å²) >= 11 is 0. The minimum atomic E-state index is 0.0141. The first kappa shape index (κ1) is 17.5. The van der Waals surface area contributed by atoms with Gasteiger partial charge < -0.3 is 10.3 Å². The van der Waals surface area contributed by atoms with E-state index in [1.165, 1.54) is 42.4 Å². The molecule has 2 N–H and O–H groups in total. The Labute approximate surface area is 150 Å². The number of rotatable bonds is 5. The van der Waals surface area contributed by atoms with E-state index in [0.717, 1.165) is 28.9 Å². The van der Waals surface area contributed by atoms with Crippen molar-refractivity contribution in [2.45, 2.75) is 52.9 Å². The van der Waals surface area contributed by atoms with Crippen molar-refractivity contribution in [1.29, 1.82) is 0 Å². The van der Waals surface area contributed by atoms with Gasteiger partial charge in [0.1, 0.15) is 0 Å². The lowest BCUT2D eigenvalue weighted by atomic mass is 9.97. The molecule has 0 aliphatic heterocycles. The fourth-order valence-corrected chi connectivity index (χ4v) is 3.42. The number of aromatic nitrogens is 1. The molecular formula is C22H28N2O. The summed E-state index contributed by atoms with van der Waals surface area (Å²) < 4.78 is 0. The van der Waals surface area contributed by atoms with Crippen LogP contribution in [0.2, 0.25) is 0 Å². The molecule has 0 unspecified atom stereocenters. The zero-order chi connectivity index (χ0) is 17.8. The fourth-order valence-electron chi connectivity index (χ4n) is 3.42. The number of amides is 1. The third kappa shape index (κ3) is 4.22. The molecule has 0 spiro atoms. The smallest absolute Gasteiger partial charge is 0.253 e. The number of carbonyl (C=O) groups is 1. The van der Waals surface area contributed by atoms with Crippen LogP contribution in [0.5, 0.6) is 0 Å². The maximum Gasteiger partial charge on any atom is 0.253 e. The number of allylic oxidation sites excluding steroid dienone is 1. The molecule has 1 aromatic carbocycles. The van der Waals surface area contributed by atoms with E-state index < -0.39 is 0 Å². The molecule has 3 rings (SSSR count). The van der Waals surface area contributed by atoms with Crippen LogP contribution in [0, 0.1) is 20.8 Å². The van der Waals surface area contributed by atoms with Gasteiger partial charge in [0, 0.05) is 17.9 Å². The van der Waals surface area contributed by atoms with Crippen molar-refractivity contribution in [2.24, 2.45) is 0 Å². The second-order valence-electron chi connectivity index (χ2n) is 7.13. The monoisotopic (exact) mass is 336 g/mol. The van der Waals surface area contributed by atoms with Crippen LogP contribution in [0.1, 0.15) is 59.3 Å². The predicted octanol–water partition coefficient (Wildman–Crippen LogP) is 5.23. The molecule has 132 valence electrons. The van der Waals surface area contributed by atoms with E-state index in [1.54, 1.807) is 0 Å². The molecule has 1 amide bonds. The average Bonchev–Trinajstić information content (AvgIpc) is 3.00. The molecule has 0 bridgehead atoms. The van der Waals surface area contributed by atoms with Gasteiger partial charge in [0.25, 0.3) is 5.91 Å². The molecule has 0 fully saturated rings. The molecule has 25 heavy (non-hydrogen) atoms. The lowest BCUT2D eigenvalue weighted by Gasteiger charge is -2.12. The number of hydrogen-bond acceptors (Lipinski definition) is 1. The zero-order valence-electron chi connectivity index (χ0n) is 15.5.